The Morgan fingerprint density at radius 3 is 2.48 bits per heavy atom. The summed E-state index contributed by atoms with van der Waals surface area (Å²) in [4.78, 5) is 4.04. The first-order valence-corrected chi connectivity index (χ1v) is 8.04. The molecule has 6 heteroatoms. The van der Waals surface area contributed by atoms with E-state index in [9.17, 15) is 8.42 Å². The van der Waals surface area contributed by atoms with Gasteiger partial charge in [0.15, 0.2) is 0 Å². The number of pyridine rings is 1. The highest BCUT2D eigenvalue weighted by Crippen LogP contribution is 2.30. The van der Waals surface area contributed by atoms with Crippen molar-refractivity contribution in [2.45, 2.75) is 4.90 Å². The molecule has 0 aliphatic rings. The summed E-state index contributed by atoms with van der Waals surface area (Å²) in [5.74, 6) is 0. The second-order valence-electron chi connectivity index (χ2n) is 4.44. The predicted octanol–water partition coefficient (Wildman–Crippen LogP) is 3.69. The van der Waals surface area contributed by atoms with Gasteiger partial charge in [-0.25, -0.2) is 8.42 Å². The maximum atomic E-state index is 12.6. The average Bonchev–Trinajstić information content (AvgIpc) is 2.47. The number of halogens is 1. The standard InChI is InChI=1S/C15H11ClN2O2S/c16-13-7-1-4-11-5-2-8-14(15(11)13)21(19,20)18-12-6-3-9-17-10-12/h1-10,18H. The monoisotopic (exact) mass is 318 g/mol. The van der Waals surface area contributed by atoms with Gasteiger partial charge in [0.1, 0.15) is 0 Å². The molecule has 0 saturated heterocycles. The molecule has 0 spiro atoms. The molecule has 0 aliphatic heterocycles. The average molecular weight is 319 g/mol. The molecule has 3 rings (SSSR count). The molecule has 0 aliphatic carbocycles. The minimum Gasteiger partial charge on any atom is -0.278 e. The van der Waals surface area contributed by atoms with Crippen molar-refractivity contribution < 1.29 is 8.42 Å². The first kappa shape index (κ1) is 13.9. The lowest BCUT2D eigenvalue weighted by Crippen LogP contribution is -2.13. The zero-order valence-electron chi connectivity index (χ0n) is 10.8. The van der Waals surface area contributed by atoms with Crippen molar-refractivity contribution in [3.8, 4) is 0 Å². The summed E-state index contributed by atoms with van der Waals surface area (Å²) < 4.78 is 27.6. The number of aromatic nitrogens is 1. The Kier molecular flexibility index (Phi) is 3.53. The molecule has 0 fully saturated rings. The molecule has 1 heterocycles. The maximum absolute atomic E-state index is 12.6. The Morgan fingerprint density at radius 2 is 1.76 bits per heavy atom. The van der Waals surface area contributed by atoms with Crippen LogP contribution in [0.5, 0.6) is 0 Å². The van der Waals surface area contributed by atoms with E-state index in [4.69, 9.17) is 11.6 Å². The molecule has 21 heavy (non-hydrogen) atoms. The topological polar surface area (TPSA) is 59.1 Å². The third-order valence-corrected chi connectivity index (χ3v) is 4.76. The molecule has 0 radical (unpaired) electrons. The van der Waals surface area contributed by atoms with Crippen LogP contribution in [0.4, 0.5) is 5.69 Å². The van der Waals surface area contributed by atoms with Gasteiger partial charge >= 0.3 is 0 Å². The number of hydrogen-bond acceptors (Lipinski definition) is 3. The van der Waals surface area contributed by atoms with Crippen molar-refractivity contribution in [2.24, 2.45) is 0 Å². The molecule has 0 atom stereocenters. The molecule has 4 nitrogen and oxygen atoms in total. The van der Waals surface area contributed by atoms with Gasteiger partial charge in [0.05, 0.1) is 16.8 Å². The highest BCUT2D eigenvalue weighted by molar-refractivity contribution is 7.93. The fourth-order valence-electron chi connectivity index (χ4n) is 2.12. The van der Waals surface area contributed by atoms with Gasteiger partial charge in [0.25, 0.3) is 10.0 Å². The Bertz CT molecular complexity index is 891. The summed E-state index contributed by atoms with van der Waals surface area (Å²) in [6.45, 7) is 0. The summed E-state index contributed by atoms with van der Waals surface area (Å²) >= 11 is 6.17. The first-order chi connectivity index (χ1) is 10.1. The van der Waals surface area contributed by atoms with E-state index >= 15 is 0 Å². The van der Waals surface area contributed by atoms with Gasteiger partial charge < -0.3 is 0 Å². The van der Waals surface area contributed by atoms with E-state index in [-0.39, 0.29) is 4.90 Å². The van der Waals surface area contributed by atoms with Crippen LogP contribution in [0.3, 0.4) is 0 Å². The minimum atomic E-state index is -3.74. The molecule has 0 amide bonds. The van der Waals surface area contributed by atoms with E-state index in [1.807, 2.05) is 12.1 Å². The van der Waals surface area contributed by atoms with E-state index in [1.54, 1.807) is 36.5 Å². The Morgan fingerprint density at radius 1 is 1.00 bits per heavy atom. The van der Waals surface area contributed by atoms with Gasteiger partial charge in [-0.1, -0.05) is 35.9 Å². The van der Waals surface area contributed by atoms with Crippen molar-refractivity contribution in [3.63, 3.8) is 0 Å². The molecule has 2 aromatic carbocycles. The summed E-state index contributed by atoms with van der Waals surface area (Å²) in [5, 5.41) is 1.69. The zero-order chi connectivity index (χ0) is 14.9. The van der Waals surface area contributed by atoms with Crippen molar-refractivity contribution >= 4 is 38.1 Å². The van der Waals surface area contributed by atoms with Crippen molar-refractivity contribution in [2.75, 3.05) is 4.72 Å². The minimum absolute atomic E-state index is 0.148. The number of nitrogens with zero attached hydrogens (tertiary/aromatic N) is 1. The van der Waals surface area contributed by atoms with E-state index in [2.05, 4.69) is 9.71 Å². The Labute approximate surface area is 127 Å². The quantitative estimate of drug-likeness (QED) is 0.801. The summed E-state index contributed by atoms with van der Waals surface area (Å²) in [6.07, 6.45) is 3.02. The van der Waals surface area contributed by atoms with Gasteiger partial charge in [0.2, 0.25) is 0 Å². The second kappa shape index (κ2) is 5.35. The predicted molar refractivity (Wildman–Crippen MR) is 84.0 cm³/mol. The molecule has 1 aromatic heterocycles. The van der Waals surface area contributed by atoms with Crippen LogP contribution in [0.2, 0.25) is 5.02 Å². The van der Waals surface area contributed by atoms with Crippen LogP contribution in [-0.2, 0) is 10.0 Å². The number of sulfonamides is 1. The lowest BCUT2D eigenvalue weighted by atomic mass is 10.1. The summed E-state index contributed by atoms with van der Waals surface area (Å²) in [6, 6.07) is 13.6. The van der Waals surface area contributed by atoms with Crippen LogP contribution in [-0.4, -0.2) is 13.4 Å². The molecule has 0 unspecified atom stereocenters. The number of nitrogens with one attached hydrogen (secondary N) is 1. The normalized spacial score (nSPS) is 11.5. The zero-order valence-corrected chi connectivity index (χ0v) is 12.4. The molecular weight excluding hydrogens is 308 g/mol. The van der Waals surface area contributed by atoms with Crippen LogP contribution in [0.15, 0.2) is 65.8 Å². The third-order valence-electron chi connectivity index (χ3n) is 3.02. The number of hydrogen-bond donors (Lipinski definition) is 1. The maximum Gasteiger partial charge on any atom is 0.262 e. The summed E-state index contributed by atoms with van der Waals surface area (Å²) in [7, 11) is -3.74. The summed E-state index contributed by atoms with van der Waals surface area (Å²) in [5.41, 5.74) is 0.404. The highest BCUT2D eigenvalue weighted by atomic mass is 35.5. The SMILES string of the molecule is O=S(=O)(Nc1cccnc1)c1cccc2cccc(Cl)c12. The molecule has 1 N–H and O–H groups in total. The fraction of sp³-hybridized carbons (Fsp3) is 0. The van der Waals surface area contributed by atoms with Crippen LogP contribution in [0.25, 0.3) is 10.8 Å². The van der Waals surface area contributed by atoms with Crippen LogP contribution >= 0.6 is 11.6 Å². The number of fused-ring (bicyclic) bond motifs is 1. The van der Waals surface area contributed by atoms with Gasteiger partial charge in [0, 0.05) is 16.6 Å². The van der Waals surface area contributed by atoms with Crippen molar-refractivity contribution in [3.05, 3.63) is 65.9 Å². The highest BCUT2D eigenvalue weighted by Gasteiger charge is 2.19. The number of rotatable bonds is 3. The Hall–Kier alpha value is -2.11. The van der Waals surface area contributed by atoms with Crippen LogP contribution < -0.4 is 4.72 Å². The van der Waals surface area contributed by atoms with Crippen molar-refractivity contribution in [1.29, 1.82) is 0 Å². The van der Waals surface area contributed by atoms with Gasteiger partial charge in [-0.05, 0) is 29.7 Å². The fourth-order valence-corrected chi connectivity index (χ4v) is 3.75. The van der Waals surface area contributed by atoms with Gasteiger partial charge in [-0.15, -0.1) is 0 Å². The second-order valence-corrected chi connectivity index (χ2v) is 6.50. The van der Waals surface area contributed by atoms with E-state index in [0.717, 1.165) is 5.39 Å². The molecule has 0 bridgehead atoms. The van der Waals surface area contributed by atoms with Gasteiger partial charge in [-0.3, -0.25) is 9.71 Å². The smallest absolute Gasteiger partial charge is 0.262 e. The Balaban J connectivity index is 2.16. The lowest BCUT2D eigenvalue weighted by molar-refractivity contribution is 0.602. The largest absolute Gasteiger partial charge is 0.278 e. The number of benzene rings is 2. The van der Waals surface area contributed by atoms with Crippen molar-refractivity contribution in [1.82, 2.24) is 4.98 Å². The van der Waals surface area contributed by atoms with Crippen LogP contribution in [0.1, 0.15) is 0 Å². The first-order valence-electron chi connectivity index (χ1n) is 6.18. The third kappa shape index (κ3) is 2.70. The molecule has 3 aromatic rings. The number of anilines is 1. The molecule has 106 valence electrons. The lowest BCUT2D eigenvalue weighted by Gasteiger charge is -2.11. The molecular formula is C15H11ClN2O2S. The van der Waals surface area contributed by atoms with E-state index in [1.165, 1.54) is 12.3 Å². The van der Waals surface area contributed by atoms with E-state index in [0.29, 0.717) is 16.1 Å². The van der Waals surface area contributed by atoms with E-state index < -0.39 is 10.0 Å². The molecule has 0 saturated carbocycles. The van der Waals surface area contributed by atoms with Crippen LogP contribution in [0, 0.1) is 0 Å². The van der Waals surface area contributed by atoms with Gasteiger partial charge in [-0.2, -0.15) is 0 Å².